The lowest BCUT2D eigenvalue weighted by Gasteiger charge is -2.65. The van der Waals surface area contributed by atoms with E-state index in [0.29, 0.717) is 16.2 Å². The Morgan fingerprint density at radius 3 is 2.27 bits per heavy atom. The maximum Gasteiger partial charge on any atom is 0.251 e. The molecule has 0 saturated heterocycles. The average molecular weight is 297 g/mol. The minimum Gasteiger partial charge on any atom is -0.351 e. The van der Waals surface area contributed by atoms with Crippen molar-refractivity contribution in [1.29, 1.82) is 0 Å². The van der Waals surface area contributed by atoms with E-state index in [1.807, 2.05) is 30.3 Å². The molecule has 0 unspecified atom stereocenters. The predicted molar refractivity (Wildman–Crippen MR) is 88.6 cm³/mol. The van der Waals surface area contributed by atoms with Gasteiger partial charge in [-0.3, -0.25) is 4.79 Å². The van der Waals surface area contributed by atoms with Gasteiger partial charge in [0.25, 0.3) is 5.91 Å². The van der Waals surface area contributed by atoms with Gasteiger partial charge in [0.2, 0.25) is 0 Å². The average Bonchev–Trinajstić information content (AvgIpc) is 2.42. The third kappa shape index (κ3) is 2.37. The van der Waals surface area contributed by atoms with Crippen LogP contribution in [0.3, 0.4) is 0 Å². The Kier molecular flexibility index (Phi) is 2.99. The van der Waals surface area contributed by atoms with Crippen molar-refractivity contribution in [1.82, 2.24) is 5.32 Å². The summed E-state index contributed by atoms with van der Waals surface area (Å²) in [5.41, 5.74) is 2.18. The van der Waals surface area contributed by atoms with E-state index in [1.54, 1.807) is 0 Å². The van der Waals surface area contributed by atoms with Gasteiger partial charge in [0.05, 0.1) is 0 Å². The Morgan fingerprint density at radius 1 is 1.05 bits per heavy atom. The number of hydrogen-bond donors (Lipinski definition) is 1. The first-order valence-electron chi connectivity index (χ1n) is 8.73. The fraction of sp³-hybridized carbons (Fsp3) is 0.650. The summed E-state index contributed by atoms with van der Waals surface area (Å²) in [6, 6.07) is 9.62. The number of nitrogens with one attached hydrogen (secondary N) is 1. The molecule has 118 valence electrons. The van der Waals surface area contributed by atoms with Crippen molar-refractivity contribution in [2.24, 2.45) is 22.2 Å². The molecule has 1 aromatic carbocycles. The van der Waals surface area contributed by atoms with Crippen LogP contribution in [-0.2, 0) is 0 Å². The largest absolute Gasteiger partial charge is 0.351 e. The second kappa shape index (κ2) is 4.59. The van der Waals surface area contributed by atoms with E-state index in [9.17, 15) is 4.79 Å². The maximum absolute atomic E-state index is 12.4. The first-order valence-corrected chi connectivity index (χ1v) is 8.73. The van der Waals surface area contributed by atoms with Crippen LogP contribution in [-0.4, -0.2) is 12.5 Å². The molecule has 2 heteroatoms. The molecule has 0 radical (unpaired) electrons. The zero-order valence-corrected chi connectivity index (χ0v) is 13.8. The molecule has 2 nitrogen and oxygen atoms in total. The quantitative estimate of drug-likeness (QED) is 0.879. The van der Waals surface area contributed by atoms with Gasteiger partial charge < -0.3 is 5.32 Å². The van der Waals surface area contributed by atoms with E-state index in [0.717, 1.165) is 18.0 Å². The molecule has 2 atom stereocenters. The number of carbonyl (C=O) groups is 1. The molecule has 22 heavy (non-hydrogen) atoms. The molecule has 4 aliphatic rings. The van der Waals surface area contributed by atoms with Crippen LogP contribution in [0.5, 0.6) is 0 Å². The second-order valence-electron chi connectivity index (χ2n) is 9.18. The first-order chi connectivity index (χ1) is 10.4. The zero-order chi connectivity index (χ0) is 15.4. The molecule has 0 aliphatic heterocycles. The third-order valence-corrected chi connectivity index (χ3v) is 6.40. The smallest absolute Gasteiger partial charge is 0.251 e. The Morgan fingerprint density at radius 2 is 1.68 bits per heavy atom. The Hall–Kier alpha value is -1.31. The van der Waals surface area contributed by atoms with Crippen molar-refractivity contribution in [3.63, 3.8) is 0 Å². The van der Waals surface area contributed by atoms with Crippen LogP contribution in [0.2, 0.25) is 0 Å². The summed E-state index contributed by atoms with van der Waals surface area (Å²) in [5.74, 6) is 0.978. The normalized spacial score (nSPS) is 42.4. The van der Waals surface area contributed by atoms with E-state index in [1.165, 1.54) is 38.5 Å². The van der Waals surface area contributed by atoms with Crippen LogP contribution in [0.25, 0.3) is 0 Å². The summed E-state index contributed by atoms with van der Waals surface area (Å²) >= 11 is 0. The summed E-state index contributed by atoms with van der Waals surface area (Å²) in [4.78, 5) is 12.4. The lowest BCUT2D eigenvalue weighted by atomic mass is 9.40. The van der Waals surface area contributed by atoms with Gasteiger partial charge >= 0.3 is 0 Å². The van der Waals surface area contributed by atoms with Gasteiger partial charge in [0.15, 0.2) is 0 Å². The summed E-state index contributed by atoms with van der Waals surface area (Å²) in [6.07, 6.45) is 8.16. The summed E-state index contributed by atoms with van der Waals surface area (Å²) in [6.45, 7) is 5.84. The molecule has 1 amide bonds. The fourth-order valence-corrected chi connectivity index (χ4v) is 6.84. The number of rotatable bonds is 3. The van der Waals surface area contributed by atoms with E-state index >= 15 is 0 Å². The first kappa shape index (κ1) is 14.3. The molecule has 5 rings (SSSR count). The van der Waals surface area contributed by atoms with Crippen LogP contribution < -0.4 is 5.32 Å². The topological polar surface area (TPSA) is 29.1 Å². The van der Waals surface area contributed by atoms with Gasteiger partial charge in [0.1, 0.15) is 0 Å². The molecule has 0 aromatic heterocycles. The predicted octanol–water partition coefficient (Wildman–Crippen LogP) is 4.41. The van der Waals surface area contributed by atoms with Gasteiger partial charge in [-0.05, 0) is 72.8 Å². The minimum atomic E-state index is 0.0895. The monoisotopic (exact) mass is 297 g/mol. The molecule has 0 spiro atoms. The lowest BCUT2D eigenvalue weighted by molar-refractivity contribution is -0.142. The van der Waals surface area contributed by atoms with Gasteiger partial charge in [0, 0.05) is 12.1 Å². The summed E-state index contributed by atoms with van der Waals surface area (Å²) < 4.78 is 0. The zero-order valence-electron chi connectivity index (χ0n) is 13.8. The van der Waals surface area contributed by atoms with Gasteiger partial charge in [-0.15, -0.1) is 0 Å². The number of benzene rings is 1. The van der Waals surface area contributed by atoms with E-state index in [2.05, 4.69) is 19.2 Å². The SMILES string of the molecule is C[C@@]12CC3CC(CNC(=O)c4ccccc4)(C1)C[C@@](C)(C3)C2. The standard InChI is InChI=1S/C20H27NO/c1-18-8-15-9-19(2,11-18)13-20(10-15,12-18)14-21-17(22)16-6-4-3-5-7-16/h3-7,15H,8-14H2,1-2H3,(H,21,22)/t15?,18-,19-,20?/m0/s1. The van der Waals surface area contributed by atoms with Crippen LogP contribution in [0.4, 0.5) is 0 Å². The van der Waals surface area contributed by atoms with Crippen molar-refractivity contribution in [2.45, 2.75) is 52.4 Å². The van der Waals surface area contributed by atoms with Crippen molar-refractivity contribution in [3.8, 4) is 0 Å². The molecule has 4 fully saturated rings. The van der Waals surface area contributed by atoms with Crippen molar-refractivity contribution < 1.29 is 4.79 Å². The Labute approximate surface area is 133 Å². The molecule has 1 aromatic rings. The number of amides is 1. The summed E-state index contributed by atoms with van der Waals surface area (Å²) in [5, 5.41) is 3.25. The number of hydrogen-bond acceptors (Lipinski definition) is 1. The highest BCUT2D eigenvalue weighted by molar-refractivity contribution is 5.94. The molecule has 4 bridgehead atoms. The fourth-order valence-electron chi connectivity index (χ4n) is 6.84. The molecule has 4 saturated carbocycles. The van der Waals surface area contributed by atoms with Crippen LogP contribution in [0.1, 0.15) is 62.7 Å². The van der Waals surface area contributed by atoms with Crippen molar-refractivity contribution in [3.05, 3.63) is 35.9 Å². The van der Waals surface area contributed by atoms with Crippen LogP contribution in [0, 0.1) is 22.2 Å². The minimum absolute atomic E-state index is 0.0895. The summed E-state index contributed by atoms with van der Waals surface area (Å²) in [7, 11) is 0. The highest BCUT2D eigenvalue weighted by Crippen LogP contribution is 2.69. The number of carbonyl (C=O) groups excluding carboxylic acids is 1. The third-order valence-electron chi connectivity index (χ3n) is 6.40. The van der Waals surface area contributed by atoms with Crippen molar-refractivity contribution in [2.75, 3.05) is 6.54 Å². The van der Waals surface area contributed by atoms with Gasteiger partial charge in [-0.1, -0.05) is 32.0 Å². The highest BCUT2D eigenvalue weighted by atomic mass is 16.1. The lowest BCUT2D eigenvalue weighted by Crippen LogP contribution is -2.58. The highest BCUT2D eigenvalue weighted by Gasteiger charge is 2.59. The Bertz CT molecular complexity index is 575. The molecule has 4 aliphatic carbocycles. The second-order valence-corrected chi connectivity index (χ2v) is 9.18. The van der Waals surface area contributed by atoms with Gasteiger partial charge in [-0.25, -0.2) is 0 Å². The van der Waals surface area contributed by atoms with E-state index in [-0.39, 0.29) is 5.91 Å². The van der Waals surface area contributed by atoms with Crippen LogP contribution in [0.15, 0.2) is 30.3 Å². The van der Waals surface area contributed by atoms with E-state index < -0.39 is 0 Å². The maximum atomic E-state index is 12.4. The molecule has 0 heterocycles. The van der Waals surface area contributed by atoms with Gasteiger partial charge in [-0.2, -0.15) is 0 Å². The molecular weight excluding hydrogens is 270 g/mol. The Balaban J connectivity index is 1.50. The molecular formula is C20H27NO. The molecule has 1 N–H and O–H groups in total. The van der Waals surface area contributed by atoms with Crippen LogP contribution >= 0.6 is 0 Å². The van der Waals surface area contributed by atoms with E-state index in [4.69, 9.17) is 0 Å². The van der Waals surface area contributed by atoms with Crippen molar-refractivity contribution >= 4 is 5.91 Å².